The third-order valence-corrected chi connectivity index (χ3v) is 5.64. The number of carbonyl (C=O) groups is 2. The van der Waals surface area contributed by atoms with E-state index in [1.165, 1.54) is 0 Å². The normalized spacial score (nSPS) is 23.2. The Labute approximate surface area is 155 Å². The molecule has 0 bridgehead atoms. The topological polar surface area (TPSA) is 49.9 Å². The number of ether oxygens (including phenoxy) is 1. The number of benzene rings is 1. The zero-order valence-electron chi connectivity index (χ0n) is 15.6. The van der Waals surface area contributed by atoms with Gasteiger partial charge in [-0.05, 0) is 43.4 Å². The lowest BCUT2D eigenvalue weighted by Crippen LogP contribution is -2.63. The third kappa shape index (κ3) is 3.76. The van der Waals surface area contributed by atoms with E-state index in [1.54, 1.807) is 13.2 Å². The summed E-state index contributed by atoms with van der Waals surface area (Å²) < 4.78 is 5.17. The van der Waals surface area contributed by atoms with Gasteiger partial charge in [-0.3, -0.25) is 9.59 Å². The van der Waals surface area contributed by atoms with Crippen LogP contribution in [0.3, 0.4) is 0 Å². The molecule has 5 nitrogen and oxygen atoms in total. The van der Waals surface area contributed by atoms with Gasteiger partial charge < -0.3 is 14.5 Å². The molecule has 140 valence electrons. The van der Waals surface area contributed by atoms with Crippen molar-refractivity contribution in [2.24, 2.45) is 0 Å². The van der Waals surface area contributed by atoms with Crippen LogP contribution in [0.25, 0.3) is 0 Å². The summed E-state index contributed by atoms with van der Waals surface area (Å²) in [6, 6.07) is 7.63. The molecule has 2 heterocycles. The lowest BCUT2D eigenvalue weighted by molar-refractivity contribution is -0.149. The van der Waals surface area contributed by atoms with Crippen molar-refractivity contribution in [3.05, 3.63) is 42.5 Å². The Morgan fingerprint density at radius 3 is 2.69 bits per heavy atom. The maximum absolute atomic E-state index is 12.9. The van der Waals surface area contributed by atoms with E-state index in [0.717, 1.165) is 43.5 Å². The maximum atomic E-state index is 12.9. The van der Waals surface area contributed by atoms with Crippen LogP contribution in [0.1, 0.15) is 37.7 Å². The second kappa shape index (κ2) is 7.94. The number of likely N-dealkylation sites (tertiary alicyclic amines) is 2. The largest absolute Gasteiger partial charge is 0.497 e. The fourth-order valence-electron chi connectivity index (χ4n) is 4.31. The van der Waals surface area contributed by atoms with Crippen LogP contribution in [-0.4, -0.2) is 53.9 Å². The Morgan fingerprint density at radius 2 is 2.00 bits per heavy atom. The lowest BCUT2D eigenvalue weighted by atomic mass is 9.79. The van der Waals surface area contributed by atoms with Crippen molar-refractivity contribution in [3.8, 4) is 5.75 Å². The van der Waals surface area contributed by atoms with E-state index in [4.69, 9.17) is 4.74 Å². The molecule has 1 spiro atoms. The molecule has 2 aliphatic heterocycles. The molecule has 2 aliphatic rings. The molecule has 2 saturated heterocycles. The third-order valence-electron chi connectivity index (χ3n) is 5.64. The summed E-state index contributed by atoms with van der Waals surface area (Å²) in [4.78, 5) is 29.2. The van der Waals surface area contributed by atoms with Crippen LogP contribution in [-0.2, 0) is 16.0 Å². The quantitative estimate of drug-likeness (QED) is 0.762. The highest BCUT2D eigenvalue weighted by Crippen LogP contribution is 2.36. The van der Waals surface area contributed by atoms with E-state index >= 15 is 0 Å². The highest BCUT2D eigenvalue weighted by Gasteiger charge is 2.45. The van der Waals surface area contributed by atoms with E-state index in [-0.39, 0.29) is 17.4 Å². The standard InChI is InChI=1S/C21H28N2O3/c1-3-13-23-19(24)6-4-11-21(23)12-5-14-22(16-21)20(25)15-17-7-9-18(26-2)10-8-17/h3,7-10H,1,4-6,11-16H2,2H3. The van der Waals surface area contributed by atoms with E-state index in [9.17, 15) is 9.59 Å². The van der Waals surface area contributed by atoms with Crippen molar-refractivity contribution >= 4 is 11.8 Å². The minimum atomic E-state index is -0.211. The molecule has 0 aromatic heterocycles. The average Bonchev–Trinajstić information content (AvgIpc) is 2.66. The highest BCUT2D eigenvalue weighted by atomic mass is 16.5. The first-order valence-electron chi connectivity index (χ1n) is 9.40. The van der Waals surface area contributed by atoms with E-state index < -0.39 is 0 Å². The van der Waals surface area contributed by atoms with Crippen LogP contribution >= 0.6 is 0 Å². The Bertz CT molecular complexity index is 666. The molecule has 26 heavy (non-hydrogen) atoms. The summed E-state index contributed by atoms with van der Waals surface area (Å²) in [5, 5.41) is 0. The molecular weight excluding hydrogens is 328 g/mol. The summed E-state index contributed by atoms with van der Waals surface area (Å²) in [5.74, 6) is 1.12. The van der Waals surface area contributed by atoms with Crippen LogP contribution < -0.4 is 4.74 Å². The number of methoxy groups -OCH3 is 1. The number of hydrogen-bond acceptors (Lipinski definition) is 3. The first kappa shape index (κ1) is 18.5. The second-order valence-corrected chi connectivity index (χ2v) is 7.31. The van der Waals surface area contributed by atoms with Crippen molar-refractivity contribution in [3.63, 3.8) is 0 Å². The van der Waals surface area contributed by atoms with Gasteiger partial charge in [0.25, 0.3) is 0 Å². The molecule has 0 radical (unpaired) electrons. The van der Waals surface area contributed by atoms with Gasteiger partial charge in [-0.1, -0.05) is 18.2 Å². The Balaban J connectivity index is 1.71. The van der Waals surface area contributed by atoms with Crippen LogP contribution in [0.4, 0.5) is 0 Å². The summed E-state index contributed by atoms with van der Waals surface area (Å²) >= 11 is 0. The molecule has 1 aromatic carbocycles. The number of rotatable bonds is 5. The smallest absolute Gasteiger partial charge is 0.227 e. The fourth-order valence-corrected chi connectivity index (χ4v) is 4.31. The van der Waals surface area contributed by atoms with Gasteiger partial charge in [0.1, 0.15) is 5.75 Å². The van der Waals surface area contributed by atoms with Crippen LogP contribution in [0.15, 0.2) is 36.9 Å². The monoisotopic (exact) mass is 356 g/mol. The van der Waals surface area contributed by atoms with E-state index in [2.05, 4.69) is 6.58 Å². The Kier molecular flexibility index (Phi) is 5.64. The lowest BCUT2D eigenvalue weighted by Gasteiger charge is -2.52. The number of carbonyl (C=O) groups excluding carboxylic acids is 2. The van der Waals surface area contributed by atoms with E-state index in [1.807, 2.05) is 34.1 Å². The van der Waals surface area contributed by atoms with Crippen molar-refractivity contribution in [2.75, 3.05) is 26.7 Å². The molecule has 1 aromatic rings. The minimum absolute atomic E-state index is 0.130. The summed E-state index contributed by atoms with van der Waals surface area (Å²) in [6.45, 7) is 5.79. The van der Waals surface area contributed by atoms with Gasteiger partial charge in [-0.2, -0.15) is 0 Å². The predicted octanol–water partition coefficient (Wildman–Crippen LogP) is 2.80. The Hall–Kier alpha value is -2.30. The van der Waals surface area contributed by atoms with Crippen LogP contribution in [0.2, 0.25) is 0 Å². The molecule has 0 saturated carbocycles. The van der Waals surface area contributed by atoms with Gasteiger partial charge >= 0.3 is 0 Å². The average molecular weight is 356 g/mol. The number of hydrogen-bond donors (Lipinski definition) is 0. The summed E-state index contributed by atoms with van der Waals surface area (Å²) in [6.07, 6.45) is 6.58. The van der Waals surface area contributed by atoms with Gasteiger partial charge in [0, 0.05) is 26.1 Å². The van der Waals surface area contributed by atoms with Crippen molar-refractivity contribution in [2.45, 2.75) is 44.1 Å². The van der Waals surface area contributed by atoms with Gasteiger partial charge in [0.15, 0.2) is 0 Å². The zero-order valence-corrected chi connectivity index (χ0v) is 15.6. The molecule has 1 atom stereocenters. The van der Waals surface area contributed by atoms with Crippen molar-refractivity contribution in [1.29, 1.82) is 0 Å². The summed E-state index contributed by atoms with van der Waals surface area (Å²) in [5.41, 5.74) is 0.773. The molecule has 5 heteroatoms. The van der Waals surface area contributed by atoms with Crippen molar-refractivity contribution < 1.29 is 14.3 Å². The molecule has 0 aliphatic carbocycles. The molecule has 0 N–H and O–H groups in total. The highest BCUT2D eigenvalue weighted by molar-refractivity contribution is 5.80. The number of amides is 2. The van der Waals surface area contributed by atoms with Crippen LogP contribution in [0.5, 0.6) is 5.75 Å². The number of nitrogens with zero attached hydrogens (tertiary/aromatic N) is 2. The van der Waals surface area contributed by atoms with Crippen LogP contribution in [0, 0.1) is 0 Å². The number of piperidine rings is 2. The molecular formula is C21H28N2O3. The maximum Gasteiger partial charge on any atom is 0.227 e. The van der Waals surface area contributed by atoms with Gasteiger partial charge in [0.05, 0.1) is 19.1 Å². The minimum Gasteiger partial charge on any atom is -0.497 e. The van der Waals surface area contributed by atoms with Gasteiger partial charge in [0.2, 0.25) is 11.8 Å². The second-order valence-electron chi connectivity index (χ2n) is 7.31. The SMILES string of the molecule is C=CCN1C(=O)CCCC12CCCN(C(=O)Cc1ccc(OC)cc1)C2. The summed E-state index contributed by atoms with van der Waals surface area (Å²) in [7, 11) is 1.63. The zero-order chi connectivity index (χ0) is 18.6. The first-order valence-corrected chi connectivity index (χ1v) is 9.40. The van der Waals surface area contributed by atoms with Crippen molar-refractivity contribution in [1.82, 2.24) is 9.80 Å². The van der Waals surface area contributed by atoms with Gasteiger partial charge in [-0.15, -0.1) is 6.58 Å². The molecule has 2 fully saturated rings. The van der Waals surface area contributed by atoms with Gasteiger partial charge in [-0.25, -0.2) is 0 Å². The molecule has 2 amide bonds. The predicted molar refractivity (Wildman–Crippen MR) is 101 cm³/mol. The fraction of sp³-hybridized carbons (Fsp3) is 0.524. The molecule has 3 rings (SSSR count). The molecule has 1 unspecified atom stereocenters. The first-order chi connectivity index (χ1) is 12.6. The van der Waals surface area contributed by atoms with E-state index in [0.29, 0.717) is 25.9 Å². The Morgan fingerprint density at radius 1 is 1.27 bits per heavy atom.